The summed E-state index contributed by atoms with van der Waals surface area (Å²) in [6.45, 7) is 5.23. The molecule has 2 nitrogen and oxygen atoms in total. The van der Waals surface area contributed by atoms with Crippen LogP contribution in [0, 0.1) is 23.1 Å². The Hall–Kier alpha value is -1.08. The summed E-state index contributed by atoms with van der Waals surface area (Å²) < 4.78 is 14.7. The summed E-state index contributed by atoms with van der Waals surface area (Å²) in [5.74, 6) is 0.292. The number of hydrogen-bond donors (Lipinski definition) is 0. The zero-order valence-corrected chi connectivity index (χ0v) is 12.9. The third kappa shape index (κ3) is 3.27. The lowest BCUT2D eigenvalue weighted by Crippen LogP contribution is -2.28. The van der Waals surface area contributed by atoms with E-state index in [1.807, 2.05) is 6.07 Å². The average Bonchev–Trinajstić information content (AvgIpc) is 3.19. The van der Waals surface area contributed by atoms with Crippen molar-refractivity contribution in [2.24, 2.45) is 5.92 Å². The highest BCUT2D eigenvalue weighted by Crippen LogP contribution is 2.36. The van der Waals surface area contributed by atoms with Crippen LogP contribution < -0.4 is 4.90 Å². The molecule has 0 heterocycles. The molecule has 1 aliphatic rings. The molecule has 0 bridgehead atoms. The normalized spacial score (nSPS) is 14.5. The van der Waals surface area contributed by atoms with E-state index in [1.54, 1.807) is 12.1 Å². The fraction of sp³-hybridized carbons (Fsp3) is 0.533. The quantitative estimate of drug-likeness (QED) is 0.798. The molecule has 0 aliphatic heterocycles. The van der Waals surface area contributed by atoms with Crippen LogP contribution in [-0.4, -0.2) is 12.6 Å². The van der Waals surface area contributed by atoms with Gasteiger partial charge < -0.3 is 4.90 Å². The maximum atomic E-state index is 14.4. The van der Waals surface area contributed by atoms with Crippen LogP contribution >= 0.6 is 15.9 Å². The molecule has 0 N–H and O–H groups in total. The summed E-state index contributed by atoms with van der Waals surface area (Å²) in [4.78, 5) is 2.15. The molecule has 0 radical (unpaired) electrons. The van der Waals surface area contributed by atoms with Crippen LogP contribution in [0.1, 0.15) is 38.7 Å². The number of benzene rings is 1. The number of nitriles is 1. The highest BCUT2D eigenvalue weighted by Gasteiger charge is 2.31. The van der Waals surface area contributed by atoms with Crippen molar-refractivity contribution in [3.05, 3.63) is 28.0 Å². The summed E-state index contributed by atoms with van der Waals surface area (Å²) in [6.07, 6.45) is 3.32. The Morgan fingerprint density at radius 2 is 2.16 bits per heavy atom. The molecule has 0 atom stereocenters. The van der Waals surface area contributed by atoms with Crippen LogP contribution in [-0.2, 0) is 0 Å². The molecule has 0 amide bonds. The zero-order chi connectivity index (χ0) is 14.0. The van der Waals surface area contributed by atoms with Crippen molar-refractivity contribution >= 4 is 21.6 Å². The molecule has 4 heteroatoms. The minimum atomic E-state index is -0.310. The molecular formula is C15H18BrFN2. The second-order valence-electron chi connectivity index (χ2n) is 5.48. The van der Waals surface area contributed by atoms with E-state index in [-0.39, 0.29) is 10.3 Å². The van der Waals surface area contributed by atoms with Crippen LogP contribution in [0.25, 0.3) is 0 Å². The van der Waals surface area contributed by atoms with Crippen molar-refractivity contribution in [2.45, 2.75) is 39.2 Å². The third-order valence-corrected chi connectivity index (χ3v) is 4.20. The van der Waals surface area contributed by atoms with Crippen molar-refractivity contribution in [1.82, 2.24) is 0 Å². The molecule has 1 aromatic carbocycles. The second-order valence-corrected chi connectivity index (χ2v) is 6.27. The van der Waals surface area contributed by atoms with E-state index in [0.29, 0.717) is 23.2 Å². The molecule has 1 aromatic rings. The van der Waals surface area contributed by atoms with Crippen LogP contribution in [0.5, 0.6) is 0 Å². The van der Waals surface area contributed by atoms with E-state index in [9.17, 15) is 4.39 Å². The zero-order valence-electron chi connectivity index (χ0n) is 11.3. The topological polar surface area (TPSA) is 27.0 Å². The second kappa shape index (κ2) is 5.92. The van der Waals surface area contributed by atoms with E-state index in [4.69, 9.17) is 5.26 Å². The van der Waals surface area contributed by atoms with Gasteiger partial charge in [0.1, 0.15) is 6.07 Å². The number of nitrogens with zero attached hydrogens (tertiary/aromatic N) is 2. The summed E-state index contributed by atoms with van der Waals surface area (Å²) >= 11 is 3.18. The Labute approximate surface area is 122 Å². The molecule has 1 fully saturated rings. The SMILES string of the molecule is CC(C)CCN(c1ccc(C#N)c(Br)c1F)C1CC1. The van der Waals surface area contributed by atoms with Crippen molar-refractivity contribution < 1.29 is 4.39 Å². The molecule has 2 rings (SSSR count). The van der Waals surface area contributed by atoms with E-state index in [0.717, 1.165) is 25.8 Å². The third-order valence-electron chi connectivity index (χ3n) is 3.43. The van der Waals surface area contributed by atoms with Gasteiger partial charge in [0.25, 0.3) is 0 Å². The Morgan fingerprint density at radius 3 is 2.68 bits per heavy atom. The number of halogens is 2. The van der Waals surface area contributed by atoms with E-state index in [2.05, 4.69) is 34.7 Å². The lowest BCUT2D eigenvalue weighted by Gasteiger charge is -2.26. The van der Waals surface area contributed by atoms with Gasteiger partial charge in [0.05, 0.1) is 15.7 Å². The Kier molecular flexibility index (Phi) is 4.46. The van der Waals surface area contributed by atoms with Crippen molar-refractivity contribution in [2.75, 3.05) is 11.4 Å². The summed E-state index contributed by atoms with van der Waals surface area (Å²) in [5, 5.41) is 8.91. The van der Waals surface area contributed by atoms with Gasteiger partial charge in [-0.25, -0.2) is 4.39 Å². The molecule has 1 aliphatic carbocycles. The minimum absolute atomic E-state index is 0.280. The van der Waals surface area contributed by atoms with Gasteiger partial charge in [0.15, 0.2) is 5.82 Å². The van der Waals surface area contributed by atoms with E-state index in [1.165, 1.54) is 0 Å². The van der Waals surface area contributed by atoms with Gasteiger partial charge in [-0.2, -0.15) is 5.26 Å². The fourth-order valence-electron chi connectivity index (χ4n) is 2.13. The first-order valence-electron chi connectivity index (χ1n) is 6.69. The lowest BCUT2D eigenvalue weighted by molar-refractivity contribution is 0.557. The van der Waals surface area contributed by atoms with Crippen LogP contribution in [0.15, 0.2) is 16.6 Å². The molecule has 0 spiro atoms. The standard InChI is InChI=1S/C15H18BrFN2/c1-10(2)7-8-19(12-4-5-12)13-6-3-11(9-18)14(16)15(13)17/h3,6,10,12H,4-5,7-8H2,1-2H3. The maximum absolute atomic E-state index is 14.4. The van der Waals surface area contributed by atoms with Gasteiger partial charge in [-0.3, -0.25) is 0 Å². The van der Waals surface area contributed by atoms with Crippen molar-refractivity contribution in [3.8, 4) is 6.07 Å². The van der Waals surface area contributed by atoms with Gasteiger partial charge in [-0.15, -0.1) is 0 Å². The van der Waals surface area contributed by atoms with Gasteiger partial charge >= 0.3 is 0 Å². The molecule has 0 unspecified atom stereocenters. The highest BCUT2D eigenvalue weighted by atomic mass is 79.9. The molecule has 1 saturated carbocycles. The molecule has 0 aromatic heterocycles. The number of rotatable bonds is 5. The Morgan fingerprint density at radius 1 is 1.47 bits per heavy atom. The predicted octanol–water partition coefficient (Wildman–Crippen LogP) is 4.47. The first-order chi connectivity index (χ1) is 9.04. The molecule has 102 valence electrons. The highest BCUT2D eigenvalue weighted by molar-refractivity contribution is 9.10. The van der Waals surface area contributed by atoms with Crippen molar-refractivity contribution in [3.63, 3.8) is 0 Å². The predicted molar refractivity (Wildman–Crippen MR) is 78.6 cm³/mol. The largest absolute Gasteiger partial charge is 0.366 e. The average molecular weight is 325 g/mol. The monoisotopic (exact) mass is 324 g/mol. The first kappa shape index (κ1) is 14.3. The number of hydrogen-bond acceptors (Lipinski definition) is 2. The maximum Gasteiger partial charge on any atom is 0.161 e. The summed E-state index contributed by atoms with van der Waals surface area (Å²) in [7, 11) is 0. The number of anilines is 1. The fourth-order valence-corrected chi connectivity index (χ4v) is 2.55. The van der Waals surface area contributed by atoms with Gasteiger partial charge in [-0.1, -0.05) is 13.8 Å². The van der Waals surface area contributed by atoms with E-state index >= 15 is 0 Å². The van der Waals surface area contributed by atoms with Gasteiger partial charge in [0.2, 0.25) is 0 Å². The van der Waals surface area contributed by atoms with Gasteiger partial charge in [-0.05, 0) is 53.2 Å². The molecule has 19 heavy (non-hydrogen) atoms. The summed E-state index contributed by atoms with van der Waals surface area (Å²) in [6, 6.07) is 5.88. The lowest BCUT2D eigenvalue weighted by atomic mass is 10.1. The Bertz CT molecular complexity index is 504. The van der Waals surface area contributed by atoms with Crippen LogP contribution in [0.3, 0.4) is 0 Å². The molecular weight excluding hydrogens is 307 g/mol. The summed E-state index contributed by atoms with van der Waals surface area (Å²) in [5.41, 5.74) is 0.967. The van der Waals surface area contributed by atoms with Crippen LogP contribution in [0.4, 0.5) is 10.1 Å². The minimum Gasteiger partial charge on any atom is -0.366 e. The smallest absolute Gasteiger partial charge is 0.161 e. The first-order valence-corrected chi connectivity index (χ1v) is 7.48. The van der Waals surface area contributed by atoms with Crippen LogP contribution in [0.2, 0.25) is 0 Å². The van der Waals surface area contributed by atoms with E-state index < -0.39 is 0 Å². The van der Waals surface area contributed by atoms with Crippen molar-refractivity contribution in [1.29, 1.82) is 5.26 Å². The van der Waals surface area contributed by atoms with Gasteiger partial charge in [0, 0.05) is 12.6 Å². The Balaban J connectivity index is 2.27. The molecule has 0 saturated heterocycles.